The third-order valence-electron chi connectivity index (χ3n) is 5.28. The second-order valence-electron chi connectivity index (χ2n) is 8.77. The third-order valence-corrected chi connectivity index (χ3v) is 5.28. The molecule has 5 amide bonds. The van der Waals surface area contributed by atoms with Crippen LogP contribution in [0.2, 0.25) is 0 Å². The van der Waals surface area contributed by atoms with Gasteiger partial charge in [-0.1, -0.05) is 26.2 Å². The SMILES string of the molecule is CCCCC[C@H](CN(O)C=O)C(=O)[N+]1(C(=O)NC(=O)OC(C)(C)C)CCC[C@H]1C. The molecule has 0 aromatic heterocycles. The fourth-order valence-corrected chi connectivity index (χ4v) is 3.82. The molecular formula is C20H36N3O6+. The van der Waals surface area contributed by atoms with Gasteiger partial charge >= 0.3 is 18.0 Å². The molecule has 1 rings (SSSR count). The van der Waals surface area contributed by atoms with Crippen LogP contribution in [0.5, 0.6) is 0 Å². The highest BCUT2D eigenvalue weighted by Crippen LogP contribution is 2.32. The third kappa shape index (κ3) is 6.78. The summed E-state index contributed by atoms with van der Waals surface area (Å²) in [5, 5.41) is 12.3. The van der Waals surface area contributed by atoms with E-state index >= 15 is 0 Å². The molecule has 2 N–H and O–H groups in total. The number of carbonyl (C=O) groups is 4. The molecule has 0 aromatic carbocycles. The molecule has 29 heavy (non-hydrogen) atoms. The van der Waals surface area contributed by atoms with Crippen LogP contribution in [0.3, 0.4) is 0 Å². The summed E-state index contributed by atoms with van der Waals surface area (Å²) in [6, 6.07) is -1.03. The number of hydroxylamine groups is 2. The summed E-state index contributed by atoms with van der Waals surface area (Å²) in [7, 11) is 0. The minimum atomic E-state index is -0.897. The molecule has 3 atom stereocenters. The maximum Gasteiger partial charge on any atom is 0.433 e. The van der Waals surface area contributed by atoms with Crippen LogP contribution in [0.1, 0.15) is 73.1 Å². The van der Waals surface area contributed by atoms with Crippen molar-refractivity contribution >= 4 is 24.4 Å². The first-order chi connectivity index (χ1) is 13.5. The number of nitrogens with zero attached hydrogens (tertiary/aromatic N) is 2. The number of hydrogen-bond donors (Lipinski definition) is 2. The fraction of sp³-hybridized carbons (Fsp3) is 0.800. The Morgan fingerprint density at radius 3 is 2.45 bits per heavy atom. The summed E-state index contributed by atoms with van der Waals surface area (Å²) in [4.78, 5) is 49.7. The van der Waals surface area contributed by atoms with Gasteiger partial charge in [-0.2, -0.15) is 4.48 Å². The van der Waals surface area contributed by atoms with Gasteiger partial charge in [0.1, 0.15) is 11.6 Å². The van der Waals surface area contributed by atoms with Crippen molar-refractivity contribution in [1.29, 1.82) is 0 Å². The van der Waals surface area contributed by atoms with Crippen molar-refractivity contribution in [3.05, 3.63) is 0 Å². The number of amides is 5. The quantitative estimate of drug-likeness (QED) is 0.207. The maximum absolute atomic E-state index is 13.5. The Kier molecular flexibility index (Phi) is 9.22. The lowest BCUT2D eigenvalue weighted by molar-refractivity contribution is -0.786. The predicted octanol–water partition coefficient (Wildman–Crippen LogP) is 3.20. The van der Waals surface area contributed by atoms with Crippen molar-refractivity contribution in [3.8, 4) is 0 Å². The Labute approximate surface area is 172 Å². The van der Waals surface area contributed by atoms with Gasteiger partial charge < -0.3 is 4.74 Å². The van der Waals surface area contributed by atoms with E-state index in [4.69, 9.17) is 4.74 Å². The molecule has 1 aliphatic heterocycles. The lowest BCUT2D eigenvalue weighted by Gasteiger charge is -2.35. The molecule has 1 heterocycles. The number of alkyl carbamates (subject to hydrolysis) is 1. The Balaban J connectivity index is 3.11. The van der Waals surface area contributed by atoms with Crippen LogP contribution in [-0.2, 0) is 14.3 Å². The Morgan fingerprint density at radius 2 is 1.97 bits per heavy atom. The van der Waals surface area contributed by atoms with Gasteiger partial charge in [0.15, 0.2) is 0 Å². The van der Waals surface area contributed by atoms with Crippen LogP contribution in [-0.4, -0.2) is 63.9 Å². The summed E-state index contributed by atoms with van der Waals surface area (Å²) in [6.45, 7) is 8.98. The Hall–Kier alpha value is -2.00. The summed E-state index contributed by atoms with van der Waals surface area (Å²) in [6.07, 6.45) is 3.71. The highest BCUT2D eigenvalue weighted by molar-refractivity contribution is 5.93. The van der Waals surface area contributed by atoms with Gasteiger partial charge in [0.2, 0.25) is 6.41 Å². The van der Waals surface area contributed by atoms with Crippen LogP contribution in [0.4, 0.5) is 9.59 Å². The van der Waals surface area contributed by atoms with Crippen LogP contribution < -0.4 is 5.32 Å². The van der Waals surface area contributed by atoms with Crippen LogP contribution >= 0.6 is 0 Å². The molecule has 1 unspecified atom stereocenters. The van der Waals surface area contributed by atoms with Gasteiger partial charge in [0, 0.05) is 12.8 Å². The first-order valence-corrected chi connectivity index (χ1v) is 10.4. The van der Waals surface area contributed by atoms with Crippen molar-refractivity contribution in [3.63, 3.8) is 0 Å². The van der Waals surface area contributed by atoms with E-state index in [2.05, 4.69) is 5.32 Å². The molecule has 9 nitrogen and oxygen atoms in total. The largest absolute Gasteiger partial charge is 0.443 e. The fourth-order valence-electron chi connectivity index (χ4n) is 3.82. The monoisotopic (exact) mass is 414 g/mol. The minimum absolute atomic E-state index is 0.182. The highest BCUT2D eigenvalue weighted by atomic mass is 16.6. The summed E-state index contributed by atoms with van der Waals surface area (Å²) < 4.78 is 4.64. The number of urea groups is 1. The number of quaternary nitrogens is 1. The number of ether oxygens (including phenoxy) is 1. The zero-order chi connectivity index (χ0) is 22.2. The molecule has 0 aliphatic carbocycles. The van der Waals surface area contributed by atoms with E-state index < -0.39 is 28.1 Å². The van der Waals surface area contributed by atoms with Crippen LogP contribution in [0, 0.1) is 5.92 Å². The smallest absolute Gasteiger partial charge is 0.433 e. The van der Waals surface area contributed by atoms with Gasteiger partial charge in [-0.15, -0.1) is 0 Å². The second kappa shape index (κ2) is 10.7. The van der Waals surface area contributed by atoms with Gasteiger partial charge in [-0.05, 0) is 34.1 Å². The molecule has 0 spiro atoms. The summed E-state index contributed by atoms with van der Waals surface area (Å²) in [5.41, 5.74) is -0.778. The predicted molar refractivity (Wildman–Crippen MR) is 106 cm³/mol. The number of carbonyl (C=O) groups excluding carboxylic acids is 4. The molecule has 0 bridgehead atoms. The zero-order valence-corrected chi connectivity index (χ0v) is 18.3. The number of nitrogens with one attached hydrogen (secondary N) is 1. The molecular weight excluding hydrogens is 378 g/mol. The van der Waals surface area contributed by atoms with E-state index in [1.807, 2.05) is 6.92 Å². The number of likely N-dealkylation sites (tertiary alicyclic amines) is 1. The van der Waals surface area contributed by atoms with E-state index in [1.54, 1.807) is 27.7 Å². The maximum atomic E-state index is 13.5. The highest BCUT2D eigenvalue weighted by Gasteiger charge is 2.55. The summed E-state index contributed by atoms with van der Waals surface area (Å²) >= 11 is 0. The molecule has 1 fully saturated rings. The average molecular weight is 415 g/mol. The molecule has 0 saturated carbocycles. The second-order valence-corrected chi connectivity index (χ2v) is 8.77. The topological polar surface area (TPSA) is 113 Å². The lowest BCUT2D eigenvalue weighted by Crippen LogP contribution is -2.65. The van der Waals surface area contributed by atoms with E-state index in [0.717, 1.165) is 19.3 Å². The van der Waals surface area contributed by atoms with E-state index in [1.165, 1.54) is 0 Å². The Morgan fingerprint density at radius 1 is 1.31 bits per heavy atom. The van der Waals surface area contributed by atoms with Crippen molar-refractivity contribution in [1.82, 2.24) is 10.4 Å². The first-order valence-electron chi connectivity index (χ1n) is 10.4. The number of unbranched alkanes of at least 4 members (excludes halogenated alkanes) is 2. The molecule has 9 heteroatoms. The normalized spacial score (nSPS) is 22.6. The lowest BCUT2D eigenvalue weighted by atomic mass is 9.97. The van der Waals surface area contributed by atoms with Crippen molar-refractivity contribution < 1.29 is 33.6 Å². The molecule has 1 saturated heterocycles. The summed E-state index contributed by atoms with van der Waals surface area (Å²) in [5.74, 6) is -1.09. The standard InChI is InChI=1S/C20H35N3O6/c1-6-7-8-11-16(13-22(28)14-24)17(25)23(12-9-10-15(23)2)18(26)21-19(27)29-20(3,4)5/h14-16,28H,6-13H2,1-5H3/p+1/t15-,16-,23?/m1/s1. The number of imide groups is 2. The molecule has 1 aliphatic rings. The zero-order valence-electron chi connectivity index (χ0n) is 18.3. The van der Waals surface area contributed by atoms with Crippen LogP contribution in [0.15, 0.2) is 0 Å². The van der Waals surface area contributed by atoms with E-state index in [-0.39, 0.29) is 31.4 Å². The van der Waals surface area contributed by atoms with Gasteiger partial charge in [0.05, 0.1) is 19.0 Å². The average Bonchev–Trinajstić information content (AvgIpc) is 3.00. The van der Waals surface area contributed by atoms with Crippen molar-refractivity contribution in [2.45, 2.75) is 84.8 Å². The molecule has 0 radical (unpaired) electrons. The Bertz CT molecular complexity index is 604. The first kappa shape index (κ1) is 25.0. The van der Waals surface area contributed by atoms with Crippen LogP contribution in [0.25, 0.3) is 0 Å². The van der Waals surface area contributed by atoms with Crippen molar-refractivity contribution in [2.24, 2.45) is 5.92 Å². The number of hydrogen-bond acceptors (Lipinski definition) is 6. The molecule has 166 valence electrons. The van der Waals surface area contributed by atoms with Crippen molar-refractivity contribution in [2.75, 3.05) is 13.1 Å². The van der Waals surface area contributed by atoms with Gasteiger partial charge in [-0.3, -0.25) is 10.0 Å². The number of rotatable bonds is 8. The van der Waals surface area contributed by atoms with Gasteiger partial charge in [0.25, 0.3) is 0 Å². The minimum Gasteiger partial charge on any atom is -0.443 e. The molecule has 0 aromatic rings. The van der Waals surface area contributed by atoms with E-state index in [0.29, 0.717) is 24.3 Å². The van der Waals surface area contributed by atoms with E-state index in [9.17, 15) is 24.4 Å². The van der Waals surface area contributed by atoms with Gasteiger partial charge in [-0.25, -0.2) is 24.8 Å².